The quantitative estimate of drug-likeness (QED) is 0.457. The maximum absolute atomic E-state index is 13.2. The molecule has 1 aliphatic rings. The van der Waals surface area contributed by atoms with Crippen LogP contribution in [0.15, 0.2) is 65.0 Å². The SMILES string of the molecule is O=C(Nc1nc(-c2c[nH]c3ccccc23)cs1)C1CCCN1S(=O)(=O)c1ccc(F)cc1. The second-order valence-electron chi connectivity index (χ2n) is 7.50. The van der Waals surface area contributed by atoms with Crippen molar-refractivity contribution in [2.45, 2.75) is 23.8 Å². The minimum absolute atomic E-state index is 0.0329. The molecule has 0 aliphatic carbocycles. The Morgan fingerprint density at radius 1 is 1.19 bits per heavy atom. The first-order valence-electron chi connectivity index (χ1n) is 10.0. The Morgan fingerprint density at radius 2 is 1.97 bits per heavy atom. The number of H-pyrrole nitrogens is 1. The van der Waals surface area contributed by atoms with Gasteiger partial charge in [-0.2, -0.15) is 4.31 Å². The van der Waals surface area contributed by atoms with Crippen LogP contribution in [-0.2, 0) is 14.8 Å². The van der Waals surface area contributed by atoms with Crippen molar-refractivity contribution in [3.8, 4) is 11.3 Å². The average molecular weight is 471 g/mol. The van der Waals surface area contributed by atoms with Crippen LogP contribution in [0, 0.1) is 5.82 Å². The van der Waals surface area contributed by atoms with Gasteiger partial charge in [-0.3, -0.25) is 4.79 Å². The maximum atomic E-state index is 13.2. The number of halogens is 1. The number of amides is 1. The fraction of sp³-hybridized carbons (Fsp3) is 0.182. The van der Waals surface area contributed by atoms with E-state index < -0.39 is 27.8 Å². The number of aromatic amines is 1. The van der Waals surface area contributed by atoms with Crippen LogP contribution in [0.4, 0.5) is 9.52 Å². The van der Waals surface area contributed by atoms with Gasteiger partial charge in [-0.05, 0) is 43.2 Å². The Bertz CT molecular complexity index is 1400. The summed E-state index contributed by atoms with van der Waals surface area (Å²) in [6.45, 7) is 0.232. The first-order valence-corrected chi connectivity index (χ1v) is 12.4. The van der Waals surface area contributed by atoms with Gasteiger partial charge < -0.3 is 10.3 Å². The minimum Gasteiger partial charge on any atom is -0.360 e. The molecule has 2 aromatic carbocycles. The van der Waals surface area contributed by atoms with Crippen molar-refractivity contribution >= 4 is 43.3 Å². The Kier molecular flexibility index (Phi) is 5.28. The van der Waals surface area contributed by atoms with Crippen LogP contribution in [0.25, 0.3) is 22.2 Å². The highest BCUT2D eigenvalue weighted by atomic mass is 32.2. The molecule has 3 heterocycles. The van der Waals surface area contributed by atoms with Crippen LogP contribution in [-0.4, -0.2) is 41.2 Å². The van der Waals surface area contributed by atoms with Gasteiger partial charge in [0, 0.05) is 34.6 Å². The smallest absolute Gasteiger partial charge is 0.244 e. The van der Waals surface area contributed by atoms with E-state index in [1.165, 1.54) is 27.8 Å². The average Bonchev–Trinajstić information content (AvgIpc) is 3.53. The van der Waals surface area contributed by atoms with Crippen molar-refractivity contribution in [2.75, 3.05) is 11.9 Å². The fourth-order valence-electron chi connectivity index (χ4n) is 3.96. The van der Waals surface area contributed by atoms with E-state index >= 15 is 0 Å². The second kappa shape index (κ2) is 8.12. The zero-order valence-corrected chi connectivity index (χ0v) is 18.4. The summed E-state index contributed by atoms with van der Waals surface area (Å²) in [5.41, 5.74) is 2.65. The fourth-order valence-corrected chi connectivity index (χ4v) is 6.33. The molecule has 0 bridgehead atoms. The van der Waals surface area contributed by atoms with Crippen LogP contribution in [0.2, 0.25) is 0 Å². The predicted octanol–water partition coefficient (Wildman–Crippen LogP) is 4.22. The number of nitrogens with zero attached hydrogens (tertiary/aromatic N) is 2. The first-order chi connectivity index (χ1) is 15.4. The van der Waals surface area contributed by atoms with Gasteiger partial charge in [-0.1, -0.05) is 18.2 Å². The van der Waals surface area contributed by atoms with Crippen LogP contribution < -0.4 is 5.32 Å². The zero-order valence-electron chi connectivity index (χ0n) is 16.8. The van der Waals surface area contributed by atoms with Crippen LogP contribution >= 0.6 is 11.3 Å². The molecule has 5 rings (SSSR count). The third kappa shape index (κ3) is 3.70. The molecule has 0 saturated carbocycles. The van der Waals surface area contributed by atoms with Gasteiger partial charge >= 0.3 is 0 Å². The summed E-state index contributed by atoms with van der Waals surface area (Å²) in [6.07, 6.45) is 2.85. The molecule has 4 aromatic rings. The van der Waals surface area contributed by atoms with Crippen molar-refractivity contribution in [3.05, 3.63) is 65.9 Å². The van der Waals surface area contributed by atoms with E-state index in [2.05, 4.69) is 15.3 Å². The number of nitrogens with one attached hydrogen (secondary N) is 2. The summed E-state index contributed by atoms with van der Waals surface area (Å²) in [5, 5.41) is 6.06. The van der Waals surface area contributed by atoms with Crippen LogP contribution in [0.3, 0.4) is 0 Å². The molecule has 1 atom stereocenters. The Morgan fingerprint density at radius 3 is 2.78 bits per heavy atom. The number of carbonyl (C=O) groups excluding carboxylic acids is 1. The van der Waals surface area contributed by atoms with E-state index in [0.29, 0.717) is 18.0 Å². The first kappa shape index (κ1) is 20.8. The summed E-state index contributed by atoms with van der Waals surface area (Å²) in [6, 6.07) is 11.6. The Balaban J connectivity index is 1.35. The molecular weight excluding hydrogens is 451 g/mol. The summed E-state index contributed by atoms with van der Waals surface area (Å²) >= 11 is 1.28. The highest BCUT2D eigenvalue weighted by Crippen LogP contribution is 2.32. The molecule has 1 saturated heterocycles. The highest BCUT2D eigenvalue weighted by molar-refractivity contribution is 7.89. The molecule has 2 aromatic heterocycles. The summed E-state index contributed by atoms with van der Waals surface area (Å²) < 4.78 is 40.4. The molecule has 0 spiro atoms. The normalized spacial score (nSPS) is 17.1. The molecular formula is C22H19FN4O3S2. The van der Waals surface area contributed by atoms with Gasteiger partial charge in [-0.25, -0.2) is 17.8 Å². The number of aromatic nitrogens is 2. The number of anilines is 1. The summed E-state index contributed by atoms with van der Waals surface area (Å²) in [7, 11) is -3.91. The lowest BCUT2D eigenvalue weighted by molar-refractivity contribution is -0.119. The van der Waals surface area contributed by atoms with E-state index in [1.807, 2.05) is 35.8 Å². The van der Waals surface area contributed by atoms with E-state index in [-0.39, 0.29) is 11.4 Å². The van der Waals surface area contributed by atoms with Gasteiger partial charge in [0.2, 0.25) is 15.9 Å². The Labute approximate surface area is 188 Å². The third-order valence-electron chi connectivity index (χ3n) is 5.53. The van der Waals surface area contributed by atoms with E-state index in [0.717, 1.165) is 34.3 Å². The molecule has 1 fully saturated rings. The van der Waals surface area contributed by atoms with Crippen molar-refractivity contribution in [1.82, 2.24) is 14.3 Å². The topological polar surface area (TPSA) is 95.2 Å². The lowest BCUT2D eigenvalue weighted by Gasteiger charge is -2.23. The summed E-state index contributed by atoms with van der Waals surface area (Å²) in [5.74, 6) is -0.942. The van der Waals surface area contributed by atoms with Gasteiger partial charge in [0.25, 0.3) is 0 Å². The second-order valence-corrected chi connectivity index (χ2v) is 10.3. The molecule has 1 amide bonds. The molecule has 10 heteroatoms. The number of hydrogen-bond acceptors (Lipinski definition) is 5. The molecule has 0 radical (unpaired) electrons. The summed E-state index contributed by atoms with van der Waals surface area (Å²) in [4.78, 5) is 20.6. The largest absolute Gasteiger partial charge is 0.360 e. The highest BCUT2D eigenvalue weighted by Gasteiger charge is 2.39. The number of sulfonamides is 1. The maximum Gasteiger partial charge on any atom is 0.244 e. The van der Waals surface area contributed by atoms with E-state index in [9.17, 15) is 17.6 Å². The molecule has 164 valence electrons. The number of benzene rings is 2. The van der Waals surface area contributed by atoms with E-state index in [4.69, 9.17) is 0 Å². The predicted molar refractivity (Wildman–Crippen MR) is 121 cm³/mol. The third-order valence-corrected chi connectivity index (χ3v) is 8.21. The lowest BCUT2D eigenvalue weighted by Crippen LogP contribution is -2.43. The van der Waals surface area contributed by atoms with Crippen LogP contribution in [0.5, 0.6) is 0 Å². The number of fused-ring (bicyclic) bond motifs is 1. The van der Waals surface area contributed by atoms with Crippen molar-refractivity contribution in [1.29, 1.82) is 0 Å². The van der Waals surface area contributed by atoms with Gasteiger partial charge in [0.15, 0.2) is 5.13 Å². The molecule has 2 N–H and O–H groups in total. The lowest BCUT2D eigenvalue weighted by atomic mass is 10.1. The number of carbonyl (C=O) groups is 1. The number of hydrogen-bond donors (Lipinski definition) is 2. The number of rotatable bonds is 5. The number of para-hydroxylation sites is 1. The number of thiazole rings is 1. The van der Waals surface area contributed by atoms with E-state index in [1.54, 1.807) is 0 Å². The zero-order chi connectivity index (χ0) is 22.3. The van der Waals surface area contributed by atoms with Crippen LogP contribution in [0.1, 0.15) is 12.8 Å². The monoisotopic (exact) mass is 470 g/mol. The van der Waals surface area contributed by atoms with Gasteiger partial charge in [0.05, 0.1) is 10.6 Å². The van der Waals surface area contributed by atoms with Crippen molar-refractivity contribution in [3.63, 3.8) is 0 Å². The molecule has 1 aliphatic heterocycles. The van der Waals surface area contributed by atoms with Gasteiger partial charge in [-0.15, -0.1) is 11.3 Å². The Hall–Kier alpha value is -3.08. The standard InChI is InChI=1S/C22H19FN4O3S2/c23-14-7-9-15(10-8-14)32(29,30)27-11-3-6-20(27)21(28)26-22-25-19(13-31-22)17-12-24-18-5-2-1-4-16(17)18/h1-2,4-5,7-10,12-13,20,24H,3,6,11H2,(H,25,26,28). The van der Waals surface area contributed by atoms with Gasteiger partial charge in [0.1, 0.15) is 11.9 Å². The van der Waals surface area contributed by atoms with Crippen molar-refractivity contribution < 1.29 is 17.6 Å². The minimum atomic E-state index is -3.91. The molecule has 1 unspecified atom stereocenters. The molecule has 7 nitrogen and oxygen atoms in total. The van der Waals surface area contributed by atoms with Crippen molar-refractivity contribution in [2.24, 2.45) is 0 Å². The molecule has 32 heavy (non-hydrogen) atoms.